The molecule has 0 spiro atoms. The first-order valence-electron chi connectivity index (χ1n) is 6.58. The number of esters is 1. The lowest BCUT2D eigenvalue weighted by atomic mass is 10.2. The van der Waals surface area contributed by atoms with Crippen molar-refractivity contribution in [2.75, 3.05) is 0 Å². The van der Waals surface area contributed by atoms with Crippen LogP contribution in [-0.4, -0.2) is 23.7 Å². The van der Waals surface area contributed by atoms with Gasteiger partial charge in [0.2, 0.25) is 0 Å². The van der Waals surface area contributed by atoms with E-state index in [1.165, 1.54) is 31.2 Å². The van der Waals surface area contributed by atoms with Gasteiger partial charge < -0.3 is 14.8 Å². The van der Waals surface area contributed by atoms with Gasteiger partial charge in [0.25, 0.3) is 0 Å². The number of carbonyl (C=O) groups excluding carboxylic acids is 2. The van der Waals surface area contributed by atoms with Gasteiger partial charge in [0.05, 0.1) is 0 Å². The zero-order valence-corrected chi connectivity index (χ0v) is 12.6. The van der Waals surface area contributed by atoms with Gasteiger partial charge in [0, 0.05) is 0 Å². The third-order valence-corrected chi connectivity index (χ3v) is 2.38. The molecule has 0 aromatic heterocycles. The second-order valence-electron chi connectivity index (χ2n) is 5.60. The van der Waals surface area contributed by atoms with Crippen molar-refractivity contribution in [3.63, 3.8) is 0 Å². The van der Waals surface area contributed by atoms with Gasteiger partial charge in [-0.1, -0.05) is 12.1 Å². The lowest BCUT2D eigenvalue weighted by Crippen LogP contribution is -2.42. The number of nitrogens with one attached hydrogen (secondary N) is 1. The van der Waals surface area contributed by atoms with Gasteiger partial charge in [-0.25, -0.2) is 14.0 Å². The van der Waals surface area contributed by atoms with Crippen molar-refractivity contribution < 1.29 is 23.5 Å². The maximum atomic E-state index is 12.7. The number of benzene rings is 1. The summed E-state index contributed by atoms with van der Waals surface area (Å²) in [6.45, 7) is 6.69. The second kappa shape index (κ2) is 7.06. The van der Waals surface area contributed by atoms with E-state index in [4.69, 9.17) is 9.47 Å². The van der Waals surface area contributed by atoms with Gasteiger partial charge in [0.1, 0.15) is 24.1 Å². The number of hydrogen-bond acceptors (Lipinski definition) is 4. The summed E-state index contributed by atoms with van der Waals surface area (Å²) in [5.41, 5.74) is 0.0242. The van der Waals surface area contributed by atoms with Crippen molar-refractivity contribution in [1.82, 2.24) is 5.32 Å². The summed E-state index contributed by atoms with van der Waals surface area (Å²) >= 11 is 0. The Labute approximate surface area is 123 Å². The first-order valence-corrected chi connectivity index (χ1v) is 6.58. The number of alkyl carbamates (subject to hydrolysis) is 1. The zero-order chi connectivity index (χ0) is 16.0. The molecule has 21 heavy (non-hydrogen) atoms. The maximum absolute atomic E-state index is 12.7. The van der Waals surface area contributed by atoms with E-state index in [1.54, 1.807) is 20.8 Å². The standard InChI is InChI=1S/C15H20FNO4/c1-10(17-14(19)21-15(2,3)4)13(18)20-9-11-5-7-12(16)8-6-11/h5-8,10H,9H2,1-4H3,(H,17,19)/t10-/m0/s1. The van der Waals surface area contributed by atoms with E-state index in [0.717, 1.165) is 0 Å². The number of rotatable bonds is 4. The highest BCUT2D eigenvalue weighted by Gasteiger charge is 2.21. The molecule has 1 rings (SSSR count). The predicted octanol–water partition coefficient (Wildman–Crippen LogP) is 2.78. The Morgan fingerprint density at radius 2 is 1.81 bits per heavy atom. The first kappa shape index (κ1) is 16.9. The molecule has 1 aromatic rings. The molecule has 1 N–H and O–H groups in total. The molecule has 0 aliphatic heterocycles. The molecular formula is C15H20FNO4. The van der Waals surface area contributed by atoms with Crippen LogP contribution in [0, 0.1) is 5.82 Å². The summed E-state index contributed by atoms with van der Waals surface area (Å²) < 4.78 is 22.8. The van der Waals surface area contributed by atoms with Crippen LogP contribution in [0.5, 0.6) is 0 Å². The molecule has 0 aliphatic carbocycles. The quantitative estimate of drug-likeness (QED) is 0.868. The van der Waals surface area contributed by atoms with Gasteiger partial charge >= 0.3 is 12.1 Å². The highest BCUT2D eigenvalue weighted by Crippen LogP contribution is 2.08. The molecule has 0 unspecified atom stereocenters. The van der Waals surface area contributed by atoms with Gasteiger partial charge in [-0.05, 0) is 45.4 Å². The molecule has 5 nitrogen and oxygen atoms in total. The molecule has 1 aromatic carbocycles. The van der Waals surface area contributed by atoms with Gasteiger partial charge in [0.15, 0.2) is 0 Å². The highest BCUT2D eigenvalue weighted by atomic mass is 19.1. The van der Waals surface area contributed by atoms with Crippen molar-refractivity contribution in [2.45, 2.75) is 45.9 Å². The van der Waals surface area contributed by atoms with Crippen LogP contribution >= 0.6 is 0 Å². The van der Waals surface area contributed by atoms with Crippen LogP contribution in [0.3, 0.4) is 0 Å². The van der Waals surface area contributed by atoms with E-state index < -0.39 is 23.7 Å². The number of halogens is 1. The van der Waals surface area contributed by atoms with E-state index in [1.807, 2.05) is 0 Å². The molecule has 6 heteroatoms. The van der Waals surface area contributed by atoms with Crippen LogP contribution in [0.1, 0.15) is 33.3 Å². The molecule has 0 aliphatic rings. The summed E-state index contributed by atoms with van der Waals surface area (Å²) in [7, 11) is 0. The predicted molar refractivity (Wildman–Crippen MR) is 75.0 cm³/mol. The Balaban J connectivity index is 2.40. The molecule has 0 heterocycles. The van der Waals surface area contributed by atoms with Crippen molar-refractivity contribution in [3.8, 4) is 0 Å². The minimum Gasteiger partial charge on any atom is -0.459 e. The van der Waals surface area contributed by atoms with Crippen molar-refractivity contribution in [1.29, 1.82) is 0 Å². The number of ether oxygens (including phenoxy) is 2. The molecule has 1 atom stereocenters. The number of carbonyl (C=O) groups is 2. The van der Waals surface area contributed by atoms with Crippen LogP contribution in [0.15, 0.2) is 24.3 Å². The van der Waals surface area contributed by atoms with Crippen LogP contribution in [0.4, 0.5) is 9.18 Å². The third kappa shape index (κ3) is 6.74. The van der Waals surface area contributed by atoms with Crippen LogP contribution in [-0.2, 0) is 20.9 Å². The monoisotopic (exact) mass is 297 g/mol. The number of amides is 1. The number of hydrogen-bond donors (Lipinski definition) is 1. The van der Waals surface area contributed by atoms with E-state index >= 15 is 0 Å². The molecule has 0 saturated carbocycles. The molecule has 0 radical (unpaired) electrons. The Morgan fingerprint density at radius 3 is 2.33 bits per heavy atom. The Morgan fingerprint density at radius 1 is 1.24 bits per heavy atom. The topological polar surface area (TPSA) is 64.6 Å². The SMILES string of the molecule is C[C@H](NC(=O)OC(C)(C)C)C(=O)OCc1ccc(F)cc1. The first-order chi connectivity index (χ1) is 9.67. The third-order valence-electron chi connectivity index (χ3n) is 2.38. The Hall–Kier alpha value is -2.11. The highest BCUT2D eigenvalue weighted by molar-refractivity contribution is 5.81. The van der Waals surface area contributed by atoms with Crippen LogP contribution < -0.4 is 5.32 Å². The normalized spacial score (nSPS) is 12.4. The van der Waals surface area contributed by atoms with Crippen molar-refractivity contribution in [2.24, 2.45) is 0 Å². The average Bonchev–Trinajstić information content (AvgIpc) is 2.35. The fourth-order valence-corrected chi connectivity index (χ4v) is 1.40. The molecular weight excluding hydrogens is 277 g/mol. The summed E-state index contributed by atoms with van der Waals surface area (Å²) in [5, 5.41) is 2.39. The largest absolute Gasteiger partial charge is 0.459 e. The Kier molecular flexibility index (Phi) is 5.69. The van der Waals surface area contributed by atoms with E-state index in [2.05, 4.69) is 5.32 Å². The summed E-state index contributed by atoms with van der Waals surface area (Å²) in [6.07, 6.45) is -0.686. The van der Waals surface area contributed by atoms with E-state index in [-0.39, 0.29) is 12.4 Å². The van der Waals surface area contributed by atoms with Crippen molar-refractivity contribution in [3.05, 3.63) is 35.6 Å². The van der Waals surface area contributed by atoms with Crippen molar-refractivity contribution >= 4 is 12.1 Å². The smallest absolute Gasteiger partial charge is 0.408 e. The maximum Gasteiger partial charge on any atom is 0.408 e. The fourth-order valence-electron chi connectivity index (χ4n) is 1.40. The summed E-state index contributed by atoms with van der Waals surface area (Å²) in [6, 6.07) is 4.78. The minimum atomic E-state index is -0.833. The van der Waals surface area contributed by atoms with Gasteiger partial charge in [-0.15, -0.1) is 0 Å². The van der Waals surface area contributed by atoms with Crippen LogP contribution in [0.25, 0.3) is 0 Å². The average molecular weight is 297 g/mol. The molecule has 116 valence electrons. The zero-order valence-electron chi connectivity index (χ0n) is 12.6. The van der Waals surface area contributed by atoms with E-state index in [0.29, 0.717) is 5.56 Å². The Bertz CT molecular complexity index is 493. The molecule has 0 bridgehead atoms. The van der Waals surface area contributed by atoms with Gasteiger partial charge in [-0.2, -0.15) is 0 Å². The molecule has 1 amide bonds. The van der Waals surface area contributed by atoms with Gasteiger partial charge in [-0.3, -0.25) is 0 Å². The summed E-state index contributed by atoms with van der Waals surface area (Å²) in [4.78, 5) is 23.2. The van der Waals surface area contributed by atoms with Crippen LogP contribution in [0.2, 0.25) is 0 Å². The van der Waals surface area contributed by atoms with E-state index in [9.17, 15) is 14.0 Å². The molecule has 0 saturated heterocycles. The fraction of sp³-hybridized carbons (Fsp3) is 0.467. The second-order valence-corrected chi connectivity index (χ2v) is 5.60. The lowest BCUT2D eigenvalue weighted by Gasteiger charge is -2.21. The minimum absolute atomic E-state index is 0.0133. The molecule has 0 fully saturated rings. The summed E-state index contributed by atoms with van der Waals surface area (Å²) in [5.74, 6) is -0.949. The lowest BCUT2D eigenvalue weighted by molar-refractivity contribution is -0.147.